The van der Waals surface area contributed by atoms with Crippen molar-refractivity contribution in [3.63, 3.8) is 0 Å². The van der Waals surface area contributed by atoms with Gasteiger partial charge in [-0.25, -0.2) is 0 Å². The van der Waals surface area contributed by atoms with E-state index in [1.54, 1.807) is 7.76 Å². The van der Waals surface area contributed by atoms with Gasteiger partial charge in [0.1, 0.15) is 0 Å². The van der Waals surface area contributed by atoms with Gasteiger partial charge in [0.05, 0.1) is 0 Å². The van der Waals surface area contributed by atoms with E-state index in [4.69, 9.17) is 0 Å². The summed E-state index contributed by atoms with van der Waals surface area (Å²) in [5, 5.41) is 0. The van der Waals surface area contributed by atoms with Gasteiger partial charge in [-0.15, -0.1) is 17.0 Å². The molecule has 0 saturated heterocycles. The summed E-state index contributed by atoms with van der Waals surface area (Å²) < 4.78 is 3.36. The fraction of sp³-hybridized carbons (Fsp3) is 0.200. The topological polar surface area (TPSA) is 0 Å². The first-order valence-corrected chi connectivity index (χ1v) is 5.50. The summed E-state index contributed by atoms with van der Waals surface area (Å²) in [7, 11) is 0. The van der Waals surface area contributed by atoms with Gasteiger partial charge in [-0.3, -0.25) is 0 Å². The molecule has 0 atom stereocenters. The molecular formula is C10H11BrTi. The van der Waals surface area contributed by atoms with Crippen LogP contribution in [0, 0.1) is 0 Å². The van der Waals surface area contributed by atoms with Crippen molar-refractivity contribution < 1.29 is 19.2 Å². The van der Waals surface area contributed by atoms with E-state index in [1.807, 2.05) is 0 Å². The van der Waals surface area contributed by atoms with Crippen molar-refractivity contribution in [2.75, 3.05) is 0 Å². The normalized spacial score (nSPS) is 18.7. The Morgan fingerprint density at radius 3 is 1.75 bits per heavy atom. The van der Waals surface area contributed by atoms with Crippen molar-refractivity contribution in [3.8, 4) is 0 Å². The van der Waals surface area contributed by atoms with E-state index < -0.39 is 0 Å². The minimum absolute atomic E-state index is 0. The molecular weight excluding hydrogens is 248 g/mol. The third kappa shape index (κ3) is 2.58. The van der Waals surface area contributed by atoms with Crippen LogP contribution in [0.1, 0.15) is 12.8 Å². The molecule has 0 aliphatic heterocycles. The van der Waals surface area contributed by atoms with Crippen LogP contribution in [0.15, 0.2) is 44.2 Å². The Morgan fingerprint density at radius 1 is 0.917 bits per heavy atom. The predicted molar refractivity (Wildman–Crippen MR) is 54.0 cm³/mol. The van der Waals surface area contributed by atoms with E-state index in [9.17, 15) is 0 Å². The third-order valence-corrected chi connectivity index (χ3v) is 4.02. The zero-order valence-corrected chi connectivity index (χ0v) is 10.1. The second kappa shape index (κ2) is 5.01. The first-order valence-electron chi connectivity index (χ1n) is 3.93. The van der Waals surface area contributed by atoms with Gasteiger partial charge >= 0.3 is 76.2 Å². The van der Waals surface area contributed by atoms with Crippen LogP contribution in [0.2, 0.25) is 0 Å². The van der Waals surface area contributed by atoms with E-state index in [0.717, 1.165) is 0 Å². The fourth-order valence-electron chi connectivity index (χ4n) is 1.29. The van der Waals surface area contributed by atoms with E-state index in [-0.39, 0.29) is 36.1 Å². The molecule has 0 bridgehead atoms. The van der Waals surface area contributed by atoms with Gasteiger partial charge in [0.2, 0.25) is 0 Å². The molecule has 0 radical (unpaired) electrons. The summed E-state index contributed by atoms with van der Waals surface area (Å²) in [6, 6.07) is 0. The summed E-state index contributed by atoms with van der Waals surface area (Å²) in [5.41, 5.74) is 0. The van der Waals surface area contributed by atoms with Crippen LogP contribution >= 0.6 is 17.0 Å². The number of hydrogen-bond donors (Lipinski definition) is 0. The van der Waals surface area contributed by atoms with Crippen LogP contribution in [0.5, 0.6) is 0 Å². The quantitative estimate of drug-likeness (QED) is 0.667. The Hall–Kier alpha value is 0.154. The molecule has 0 unspecified atom stereocenters. The van der Waals surface area contributed by atoms with E-state index in [0.29, 0.717) is 0 Å². The van der Waals surface area contributed by atoms with Crippen LogP contribution in [0.25, 0.3) is 0 Å². The summed E-state index contributed by atoms with van der Waals surface area (Å²) in [5.74, 6) is 0. The van der Waals surface area contributed by atoms with E-state index >= 15 is 0 Å². The van der Waals surface area contributed by atoms with Gasteiger partial charge in [-0.1, -0.05) is 0 Å². The molecule has 62 valence electrons. The average molecular weight is 259 g/mol. The Balaban J connectivity index is 0.000000720. The molecule has 0 saturated carbocycles. The number of allylic oxidation sites excluding steroid dienone is 8. The van der Waals surface area contributed by atoms with Crippen molar-refractivity contribution in [2.45, 2.75) is 12.8 Å². The first kappa shape index (κ1) is 10.2. The van der Waals surface area contributed by atoms with Crippen molar-refractivity contribution in [1.82, 2.24) is 0 Å². The number of halogens is 1. The Kier molecular flexibility index (Phi) is 4.27. The molecule has 0 amide bonds. The van der Waals surface area contributed by atoms with Crippen LogP contribution in [-0.2, 0) is 19.2 Å². The summed E-state index contributed by atoms with van der Waals surface area (Å²) in [4.78, 5) is 0. The van der Waals surface area contributed by atoms with Gasteiger partial charge < -0.3 is 0 Å². The second-order valence-corrected chi connectivity index (χ2v) is 5.17. The molecule has 0 spiro atoms. The Bertz CT molecular complexity index is 244. The molecule has 0 fully saturated rings. The van der Waals surface area contributed by atoms with Crippen LogP contribution < -0.4 is 0 Å². The van der Waals surface area contributed by atoms with Crippen molar-refractivity contribution in [3.05, 3.63) is 44.2 Å². The van der Waals surface area contributed by atoms with E-state index in [2.05, 4.69) is 36.5 Å². The monoisotopic (exact) mass is 258 g/mol. The maximum absolute atomic E-state index is 2.29. The Morgan fingerprint density at radius 2 is 1.42 bits per heavy atom. The average Bonchev–Trinajstić information content (AvgIpc) is 2.60. The molecule has 2 aliphatic carbocycles. The van der Waals surface area contributed by atoms with Gasteiger partial charge in [-0.2, -0.15) is 0 Å². The standard InChI is InChI=1S/2C5H5.BrH.Ti/c2*1-2-4-5-3-1;;/h2*1-3H,4H2;1H;. The van der Waals surface area contributed by atoms with Crippen LogP contribution in [0.4, 0.5) is 0 Å². The second-order valence-electron chi connectivity index (χ2n) is 2.77. The molecule has 2 rings (SSSR count). The molecule has 0 nitrogen and oxygen atoms in total. The minimum atomic E-state index is 0. The third-order valence-electron chi connectivity index (χ3n) is 1.86. The SMILES string of the molecule is Br.C1=CC[C]([Ti][C]2=CC=CC2)=C1. The molecule has 0 N–H and O–H groups in total. The molecule has 0 heterocycles. The predicted octanol–water partition coefficient (Wildman–Crippen LogP) is 3.33. The van der Waals surface area contributed by atoms with Gasteiger partial charge in [0, 0.05) is 0 Å². The van der Waals surface area contributed by atoms with Crippen LogP contribution in [-0.4, -0.2) is 0 Å². The fourth-order valence-corrected chi connectivity index (χ4v) is 3.18. The van der Waals surface area contributed by atoms with Crippen LogP contribution in [0.3, 0.4) is 0 Å². The summed E-state index contributed by atoms with van der Waals surface area (Å²) in [6.07, 6.45) is 15.9. The van der Waals surface area contributed by atoms with Crippen molar-refractivity contribution in [1.29, 1.82) is 0 Å². The molecule has 0 aromatic rings. The number of rotatable bonds is 2. The van der Waals surface area contributed by atoms with E-state index in [1.165, 1.54) is 12.8 Å². The molecule has 2 heteroatoms. The number of hydrogen-bond acceptors (Lipinski definition) is 0. The first-order chi connectivity index (χ1) is 5.45. The Labute approximate surface area is 92.8 Å². The van der Waals surface area contributed by atoms with Crippen molar-refractivity contribution >= 4 is 17.0 Å². The molecule has 0 aromatic heterocycles. The summed E-state index contributed by atoms with van der Waals surface area (Å²) >= 11 is 0.0833. The summed E-state index contributed by atoms with van der Waals surface area (Å²) in [6.45, 7) is 0. The molecule has 0 aromatic carbocycles. The zero-order chi connectivity index (χ0) is 7.52. The van der Waals surface area contributed by atoms with Gasteiger partial charge in [-0.05, 0) is 0 Å². The molecule has 2 aliphatic rings. The van der Waals surface area contributed by atoms with Gasteiger partial charge in [0.15, 0.2) is 0 Å². The zero-order valence-electron chi connectivity index (χ0n) is 6.79. The van der Waals surface area contributed by atoms with Gasteiger partial charge in [0.25, 0.3) is 0 Å². The molecule has 12 heavy (non-hydrogen) atoms. The van der Waals surface area contributed by atoms with Crippen molar-refractivity contribution in [2.24, 2.45) is 0 Å². The maximum atomic E-state index is 2.29.